The summed E-state index contributed by atoms with van der Waals surface area (Å²) in [4.78, 5) is 12.3. The van der Waals surface area contributed by atoms with Crippen molar-refractivity contribution in [1.29, 1.82) is 0 Å². The molecule has 1 aromatic heterocycles. The van der Waals surface area contributed by atoms with Crippen molar-refractivity contribution >= 4 is 5.91 Å². The van der Waals surface area contributed by atoms with Crippen LogP contribution in [0.25, 0.3) is 0 Å². The molecule has 2 rings (SSSR count). The van der Waals surface area contributed by atoms with Crippen LogP contribution >= 0.6 is 0 Å². The second kappa shape index (κ2) is 6.39. The molecule has 0 atom stereocenters. The molecule has 0 aliphatic carbocycles. The third-order valence-electron chi connectivity index (χ3n) is 3.58. The van der Waals surface area contributed by atoms with Crippen molar-refractivity contribution in [1.82, 2.24) is 9.88 Å². The molecule has 0 saturated carbocycles. The van der Waals surface area contributed by atoms with Crippen LogP contribution in [-0.4, -0.2) is 17.0 Å². The number of amides is 1. The lowest BCUT2D eigenvalue weighted by Gasteiger charge is -2.10. The predicted octanol–water partition coefficient (Wildman–Crippen LogP) is 1.76. The number of hydrogen-bond donors (Lipinski definition) is 2. The Morgan fingerprint density at radius 2 is 2.00 bits per heavy atom. The fourth-order valence-electron chi connectivity index (χ4n) is 2.23. The molecule has 1 amide bonds. The normalized spacial score (nSPS) is 10.6. The molecule has 20 heavy (non-hydrogen) atoms. The fourth-order valence-corrected chi connectivity index (χ4v) is 2.23. The summed E-state index contributed by atoms with van der Waals surface area (Å²) in [5.74, 6) is -0.0482. The predicted molar refractivity (Wildman–Crippen MR) is 80.5 cm³/mol. The maximum atomic E-state index is 12.3. The largest absolute Gasteiger partial charge is 0.350 e. The second-order valence-electron chi connectivity index (χ2n) is 4.90. The van der Waals surface area contributed by atoms with E-state index in [4.69, 9.17) is 5.73 Å². The summed E-state index contributed by atoms with van der Waals surface area (Å²) in [5, 5.41) is 2.97. The molecule has 106 valence electrons. The number of nitrogens with one attached hydrogen (secondary N) is 1. The van der Waals surface area contributed by atoms with E-state index in [0.29, 0.717) is 25.1 Å². The van der Waals surface area contributed by atoms with E-state index in [1.807, 2.05) is 50.4 Å². The van der Waals surface area contributed by atoms with Gasteiger partial charge in [0.25, 0.3) is 5.91 Å². The van der Waals surface area contributed by atoms with Crippen LogP contribution in [0.1, 0.15) is 27.3 Å². The highest BCUT2D eigenvalue weighted by atomic mass is 16.1. The van der Waals surface area contributed by atoms with E-state index in [-0.39, 0.29) is 5.91 Å². The van der Waals surface area contributed by atoms with E-state index in [9.17, 15) is 4.79 Å². The molecule has 0 spiro atoms. The van der Waals surface area contributed by atoms with Crippen molar-refractivity contribution in [3.8, 4) is 0 Å². The first kappa shape index (κ1) is 14.3. The lowest BCUT2D eigenvalue weighted by molar-refractivity contribution is 0.0949. The van der Waals surface area contributed by atoms with Gasteiger partial charge in [-0.25, -0.2) is 0 Å². The van der Waals surface area contributed by atoms with Gasteiger partial charge in [0.1, 0.15) is 0 Å². The second-order valence-corrected chi connectivity index (χ2v) is 4.90. The molecular formula is C16H21N3O. The third kappa shape index (κ3) is 3.08. The van der Waals surface area contributed by atoms with Crippen LogP contribution in [0.4, 0.5) is 0 Å². The van der Waals surface area contributed by atoms with E-state index in [1.165, 1.54) is 5.69 Å². The number of aryl methyl sites for hydroxylation is 1. The monoisotopic (exact) mass is 271 g/mol. The minimum Gasteiger partial charge on any atom is -0.350 e. The molecule has 4 heteroatoms. The molecule has 0 radical (unpaired) electrons. The number of carbonyl (C=O) groups is 1. The quantitative estimate of drug-likeness (QED) is 0.870. The zero-order valence-corrected chi connectivity index (χ0v) is 12.0. The van der Waals surface area contributed by atoms with Gasteiger partial charge in [0.2, 0.25) is 0 Å². The van der Waals surface area contributed by atoms with E-state index < -0.39 is 0 Å². The molecule has 0 unspecified atom stereocenters. The summed E-state index contributed by atoms with van der Waals surface area (Å²) in [6.07, 6.45) is 0.715. The Balaban J connectivity index is 2.07. The highest BCUT2D eigenvalue weighted by Crippen LogP contribution is 2.10. The number of carbonyl (C=O) groups excluding carboxylic acids is 1. The Kier molecular flexibility index (Phi) is 4.58. The van der Waals surface area contributed by atoms with Crippen molar-refractivity contribution < 1.29 is 4.79 Å². The smallest absolute Gasteiger partial charge is 0.251 e. The van der Waals surface area contributed by atoms with Crippen molar-refractivity contribution in [3.63, 3.8) is 0 Å². The van der Waals surface area contributed by atoms with Gasteiger partial charge in [0.05, 0.1) is 6.54 Å². The Hall–Kier alpha value is -2.07. The number of hydrogen-bond acceptors (Lipinski definition) is 2. The summed E-state index contributed by atoms with van der Waals surface area (Å²) in [6, 6.07) is 11.7. The average molecular weight is 271 g/mol. The Labute approximate surface area is 119 Å². The molecule has 0 bridgehead atoms. The van der Waals surface area contributed by atoms with Crippen molar-refractivity contribution in [2.45, 2.75) is 19.9 Å². The van der Waals surface area contributed by atoms with Gasteiger partial charge in [0, 0.05) is 24.0 Å². The van der Waals surface area contributed by atoms with Crippen LogP contribution < -0.4 is 11.1 Å². The Morgan fingerprint density at radius 3 is 2.65 bits per heavy atom. The summed E-state index contributed by atoms with van der Waals surface area (Å²) in [5.41, 5.74) is 9.56. The summed E-state index contributed by atoms with van der Waals surface area (Å²) >= 11 is 0. The van der Waals surface area contributed by atoms with E-state index >= 15 is 0 Å². The Bertz CT molecular complexity index is 602. The summed E-state index contributed by atoms with van der Waals surface area (Å²) in [7, 11) is 2.00. The van der Waals surface area contributed by atoms with Crippen LogP contribution in [-0.2, 0) is 20.0 Å². The van der Waals surface area contributed by atoms with Crippen LogP contribution in [0.3, 0.4) is 0 Å². The molecule has 1 aromatic carbocycles. The first-order valence-electron chi connectivity index (χ1n) is 6.81. The molecular weight excluding hydrogens is 250 g/mol. The van der Waals surface area contributed by atoms with Gasteiger partial charge in [-0.05, 0) is 43.7 Å². The number of nitrogens with two attached hydrogens (primary N) is 1. The van der Waals surface area contributed by atoms with E-state index in [2.05, 4.69) is 9.88 Å². The van der Waals surface area contributed by atoms with Crippen LogP contribution in [0.2, 0.25) is 0 Å². The first-order valence-corrected chi connectivity index (χ1v) is 6.81. The third-order valence-corrected chi connectivity index (χ3v) is 3.58. The minimum absolute atomic E-state index is 0.0482. The van der Waals surface area contributed by atoms with Gasteiger partial charge >= 0.3 is 0 Å². The lowest BCUT2D eigenvalue weighted by Crippen LogP contribution is -2.25. The summed E-state index contributed by atoms with van der Waals surface area (Å²) in [6.45, 7) is 3.11. The van der Waals surface area contributed by atoms with Crippen LogP contribution in [0, 0.1) is 6.92 Å². The molecule has 0 saturated heterocycles. The van der Waals surface area contributed by atoms with Crippen molar-refractivity contribution in [2.75, 3.05) is 6.54 Å². The van der Waals surface area contributed by atoms with E-state index in [0.717, 1.165) is 11.3 Å². The van der Waals surface area contributed by atoms with Crippen LogP contribution in [0.15, 0.2) is 36.4 Å². The number of aromatic nitrogens is 1. The van der Waals surface area contributed by atoms with Crippen molar-refractivity contribution in [3.05, 3.63) is 58.9 Å². The lowest BCUT2D eigenvalue weighted by atomic mass is 10.0. The molecule has 0 fully saturated rings. The van der Waals surface area contributed by atoms with Crippen LogP contribution in [0.5, 0.6) is 0 Å². The fraction of sp³-hybridized carbons (Fsp3) is 0.312. The molecule has 0 aliphatic rings. The van der Waals surface area contributed by atoms with E-state index in [1.54, 1.807) is 0 Å². The number of nitrogens with zero attached hydrogens (tertiary/aromatic N) is 1. The zero-order chi connectivity index (χ0) is 14.5. The molecule has 3 N–H and O–H groups in total. The SMILES string of the molecule is Cc1ccc(CNC(=O)c2ccccc2CCN)n1C. The Morgan fingerprint density at radius 1 is 1.25 bits per heavy atom. The van der Waals surface area contributed by atoms with Gasteiger partial charge in [-0.3, -0.25) is 4.79 Å². The maximum absolute atomic E-state index is 12.3. The highest BCUT2D eigenvalue weighted by molar-refractivity contribution is 5.95. The average Bonchev–Trinajstić information content (AvgIpc) is 2.77. The van der Waals surface area contributed by atoms with Gasteiger partial charge in [0.15, 0.2) is 0 Å². The van der Waals surface area contributed by atoms with Gasteiger partial charge in [-0.1, -0.05) is 18.2 Å². The minimum atomic E-state index is -0.0482. The molecule has 0 aliphatic heterocycles. The number of benzene rings is 1. The summed E-state index contributed by atoms with van der Waals surface area (Å²) < 4.78 is 2.08. The first-order chi connectivity index (χ1) is 9.63. The molecule has 2 aromatic rings. The molecule has 1 heterocycles. The topological polar surface area (TPSA) is 60.1 Å². The zero-order valence-electron chi connectivity index (χ0n) is 12.0. The standard InChI is InChI=1S/C16H21N3O/c1-12-7-8-14(19(12)2)11-18-16(20)15-6-4-3-5-13(15)9-10-17/h3-8H,9-11,17H2,1-2H3,(H,18,20). The highest BCUT2D eigenvalue weighted by Gasteiger charge is 2.10. The van der Waals surface area contributed by atoms with Crippen molar-refractivity contribution in [2.24, 2.45) is 12.8 Å². The van der Waals surface area contributed by atoms with Gasteiger partial charge in [-0.2, -0.15) is 0 Å². The van der Waals surface area contributed by atoms with Gasteiger partial charge < -0.3 is 15.6 Å². The molecule has 4 nitrogen and oxygen atoms in total. The maximum Gasteiger partial charge on any atom is 0.251 e. The number of rotatable bonds is 5. The van der Waals surface area contributed by atoms with Gasteiger partial charge in [-0.15, -0.1) is 0 Å².